The molecule has 1 heterocycles. The van der Waals surface area contributed by atoms with Crippen molar-refractivity contribution >= 4 is 0 Å². The second-order valence-electron chi connectivity index (χ2n) is 17.4. The topological polar surface area (TPSA) is 57.8 Å². The van der Waals surface area contributed by atoms with Gasteiger partial charge in [-0.15, -0.1) is 0 Å². The first-order valence-corrected chi connectivity index (χ1v) is 23.3. The Hall–Kier alpha value is -0.280. The fraction of sp³-hybridized carbons (Fsp3) is 1.00. The molecule has 4 N–H and O–H groups in total. The van der Waals surface area contributed by atoms with Crippen LogP contribution in [0.3, 0.4) is 0 Å². The molecule has 1 fully saturated rings. The second-order valence-corrected chi connectivity index (χ2v) is 17.4. The fourth-order valence-electron chi connectivity index (χ4n) is 5.95. The largest absolute Gasteiger partial charge is 0.318 e. The lowest BCUT2D eigenvalue weighted by atomic mass is 10.1. The molecule has 0 atom stereocenters. The van der Waals surface area contributed by atoms with Crippen molar-refractivity contribution in [3.05, 3.63) is 0 Å². The van der Waals surface area contributed by atoms with E-state index >= 15 is 0 Å². The number of likely N-dealkylation sites (N-methyl/N-ethyl adjacent to an activating group) is 2. The molecular formula is C46H105N7. The molecule has 1 rings (SSSR count). The summed E-state index contributed by atoms with van der Waals surface area (Å²) in [5.41, 5.74) is 0. The summed E-state index contributed by atoms with van der Waals surface area (Å²) in [6.07, 6.45) is 18.8. The van der Waals surface area contributed by atoms with Crippen LogP contribution in [0.15, 0.2) is 0 Å². The quantitative estimate of drug-likeness (QED) is 0.0526. The van der Waals surface area contributed by atoms with Crippen LogP contribution in [0, 0.1) is 23.7 Å². The van der Waals surface area contributed by atoms with E-state index < -0.39 is 0 Å². The maximum atomic E-state index is 3.46. The third-order valence-corrected chi connectivity index (χ3v) is 9.86. The van der Waals surface area contributed by atoms with E-state index in [-0.39, 0.29) is 0 Å². The predicted octanol–water partition coefficient (Wildman–Crippen LogP) is 9.63. The zero-order valence-corrected chi connectivity index (χ0v) is 39.2. The zero-order chi connectivity index (χ0) is 40.4. The van der Waals surface area contributed by atoms with Gasteiger partial charge in [-0.05, 0) is 141 Å². The van der Waals surface area contributed by atoms with Gasteiger partial charge in [-0.3, -0.25) is 0 Å². The van der Waals surface area contributed by atoms with Gasteiger partial charge in [-0.1, -0.05) is 108 Å². The number of rotatable bonds is 31. The molecule has 0 spiro atoms. The molecule has 0 saturated carbocycles. The Kier molecular flexibility index (Phi) is 49.6. The number of hydrogen-bond acceptors (Lipinski definition) is 7. The van der Waals surface area contributed by atoms with Gasteiger partial charge in [0.25, 0.3) is 0 Å². The van der Waals surface area contributed by atoms with Gasteiger partial charge in [0.2, 0.25) is 0 Å². The summed E-state index contributed by atoms with van der Waals surface area (Å²) >= 11 is 0. The molecule has 0 amide bonds. The number of unbranched alkanes of at least 4 members (excludes halogenated alkanes) is 4. The van der Waals surface area contributed by atoms with Gasteiger partial charge in [-0.25, -0.2) is 0 Å². The number of nitrogens with zero attached hydrogens (tertiary/aromatic N) is 3. The summed E-state index contributed by atoms with van der Waals surface area (Å²) in [4.78, 5) is 7.79. The second kappa shape index (κ2) is 46.1. The fourth-order valence-corrected chi connectivity index (χ4v) is 5.95. The minimum absolute atomic E-state index is 0.807. The van der Waals surface area contributed by atoms with E-state index in [0.717, 1.165) is 49.9 Å². The minimum atomic E-state index is 0.807. The van der Waals surface area contributed by atoms with Gasteiger partial charge in [-0.2, -0.15) is 0 Å². The number of nitrogens with one attached hydrogen (secondary N) is 4. The van der Waals surface area contributed by atoms with E-state index in [1.54, 1.807) is 0 Å². The zero-order valence-electron chi connectivity index (χ0n) is 39.2. The lowest BCUT2D eigenvalue weighted by molar-refractivity contribution is 0.129. The van der Waals surface area contributed by atoms with Crippen LogP contribution >= 0.6 is 0 Å². The van der Waals surface area contributed by atoms with Crippen LogP contribution in [0.4, 0.5) is 0 Å². The summed E-state index contributed by atoms with van der Waals surface area (Å²) < 4.78 is 0. The van der Waals surface area contributed by atoms with Crippen molar-refractivity contribution in [1.82, 2.24) is 36.0 Å². The Labute approximate surface area is 337 Å². The molecular weight excluding hydrogens is 651 g/mol. The molecule has 0 aromatic rings. The average Bonchev–Trinajstić information content (AvgIpc) is 3.12. The van der Waals surface area contributed by atoms with Crippen LogP contribution in [0.2, 0.25) is 0 Å². The van der Waals surface area contributed by atoms with Crippen LogP contribution in [-0.2, 0) is 0 Å². The maximum absolute atomic E-state index is 3.46. The van der Waals surface area contributed by atoms with Gasteiger partial charge < -0.3 is 36.0 Å². The summed E-state index contributed by atoms with van der Waals surface area (Å²) in [5.74, 6) is 3.41. The Bertz CT molecular complexity index is 627. The highest BCUT2D eigenvalue weighted by Gasteiger charge is 2.15. The first-order chi connectivity index (χ1) is 25.5. The Morgan fingerprint density at radius 3 is 1.21 bits per heavy atom. The van der Waals surface area contributed by atoms with Crippen molar-refractivity contribution in [2.45, 2.75) is 166 Å². The molecule has 0 radical (unpaired) electrons. The Morgan fingerprint density at radius 2 is 0.792 bits per heavy atom. The Morgan fingerprint density at radius 1 is 0.415 bits per heavy atom. The molecule has 324 valence electrons. The van der Waals surface area contributed by atoms with Crippen LogP contribution in [-0.4, -0.2) is 127 Å². The van der Waals surface area contributed by atoms with E-state index in [4.69, 9.17) is 0 Å². The highest BCUT2D eigenvalue weighted by Crippen LogP contribution is 2.09. The van der Waals surface area contributed by atoms with E-state index in [9.17, 15) is 0 Å². The summed E-state index contributed by atoms with van der Waals surface area (Å²) in [6.45, 7) is 43.5. The molecule has 0 aromatic heterocycles. The summed E-state index contributed by atoms with van der Waals surface area (Å²) in [5, 5.41) is 13.3. The molecule has 53 heavy (non-hydrogen) atoms. The third-order valence-electron chi connectivity index (χ3n) is 9.86. The number of hydrogen-bond donors (Lipinski definition) is 4. The maximum Gasteiger partial charge on any atom is 0.0110 e. The number of piperazine rings is 1. The van der Waals surface area contributed by atoms with Gasteiger partial charge in [0, 0.05) is 52.4 Å². The van der Waals surface area contributed by atoms with Crippen LogP contribution in [0.5, 0.6) is 0 Å². The van der Waals surface area contributed by atoms with Crippen molar-refractivity contribution < 1.29 is 0 Å². The smallest absolute Gasteiger partial charge is 0.0110 e. The van der Waals surface area contributed by atoms with Crippen LogP contribution in [0.25, 0.3) is 0 Å². The molecule has 1 aliphatic heterocycles. The summed E-state index contributed by atoms with van der Waals surface area (Å²) in [6, 6.07) is 0. The van der Waals surface area contributed by atoms with E-state index in [1.165, 1.54) is 162 Å². The highest BCUT2D eigenvalue weighted by molar-refractivity contribution is 4.72. The molecule has 0 aromatic carbocycles. The lowest BCUT2D eigenvalue weighted by Crippen LogP contribution is -2.46. The Balaban J connectivity index is -0.000000636. The average molecular weight is 756 g/mol. The van der Waals surface area contributed by atoms with Crippen LogP contribution in [0.1, 0.15) is 166 Å². The first-order valence-electron chi connectivity index (χ1n) is 23.3. The van der Waals surface area contributed by atoms with Gasteiger partial charge in [0.1, 0.15) is 0 Å². The van der Waals surface area contributed by atoms with Crippen LogP contribution < -0.4 is 21.3 Å². The van der Waals surface area contributed by atoms with Gasteiger partial charge in [0.05, 0.1) is 0 Å². The van der Waals surface area contributed by atoms with Crippen molar-refractivity contribution in [3.8, 4) is 0 Å². The summed E-state index contributed by atoms with van der Waals surface area (Å²) in [7, 11) is 4.03. The molecule has 0 unspecified atom stereocenters. The molecule has 7 heteroatoms. The molecule has 0 aliphatic carbocycles. The van der Waals surface area contributed by atoms with Crippen molar-refractivity contribution in [2.24, 2.45) is 23.7 Å². The van der Waals surface area contributed by atoms with Crippen molar-refractivity contribution in [1.29, 1.82) is 0 Å². The molecule has 1 aliphatic rings. The highest BCUT2D eigenvalue weighted by atomic mass is 15.3. The standard InChI is InChI=1S/C14H30N2.C11H27N3.C11H25N.C10H23N/c1-4-5-8-15-10-12-16(13-11-15)9-6-7-14(2)3;1-11(2)5-8-14(9-6-12-3)10-7-13-4;1-4-5-9-12-10-7-6-8-11(2)3;1-4-5-8-11-9-6-7-10(2)3/h14H,4-13H2,1-3H3;11-13H,5-10H2,1-4H3;11-12H,4-10H2,1-3H3;10-11H,4-9H2,1-3H3. The van der Waals surface area contributed by atoms with Gasteiger partial charge >= 0.3 is 0 Å². The third kappa shape index (κ3) is 51.7. The van der Waals surface area contributed by atoms with E-state index in [2.05, 4.69) is 112 Å². The monoisotopic (exact) mass is 756 g/mol. The molecule has 1 saturated heterocycles. The minimum Gasteiger partial charge on any atom is -0.318 e. The van der Waals surface area contributed by atoms with E-state index in [0.29, 0.717) is 0 Å². The molecule has 0 bridgehead atoms. The first kappa shape index (κ1) is 57.0. The SMILES string of the molecule is CCCCN1CCN(CCCC(C)C)CC1.CCCCNCCCC(C)C.CCCCNCCCCC(C)C.CNCCN(CCNC)CCC(C)C. The lowest BCUT2D eigenvalue weighted by Gasteiger charge is -2.34. The van der Waals surface area contributed by atoms with Crippen molar-refractivity contribution in [3.63, 3.8) is 0 Å². The van der Waals surface area contributed by atoms with E-state index in [1.807, 2.05) is 14.1 Å². The normalized spacial score (nSPS) is 13.7. The van der Waals surface area contributed by atoms with Crippen molar-refractivity contribution in [2.75, 3.05) is 112 Å². The van der Waals surface area contributed by atoms with Gasteiger partial charge in [0.15, 0.2) is 0 Å². The predicted molar refractivity (Wildman–Crippen MR) is 244 cm³/mol. The molecule has 7 nitrogen and oxygen atoms in total.